The summed E-state index contributed by atoms with van der Waals surface area (Å²) < 4.78 is 26.9. The van der Waals surface area contributed by atoms with Gasteiger partial charge in [0.1, 0.15) is 15.2 Å². The van der Waals surface area contributed by atoms with Crippen molar-refractivity contribution in [2.75, 3.05) is 6.61 Å². The van der Waals surface area contributed by atoms with Crippen LogP contribution in [-0.2, 0) is 16.4 Å². The van der Waals surface area contributed by atoms with Crippen molar-refractivity contribution in [2.45, 2.75) is 16.7 Å². The molecule has 0 amide bonds. The number of nitrogens with zero attached hydrogens (tertiary/aromatic N) is 1. The molecule has 5 nitrogen and oxygen atoms in total. The second kappa shape index (κ2) is 6.83. The zero-order chi connectivity index (χ0) is 15.3. The van der Waals surface area contributed by atoms with Crippen LogP contribution in [0.2, 0.25) is 0 Å². The van der Waals surface area contributed by atoms with Gasteiger partial charge in [-0.3, -0.25) is 0 Å². The Kier molecular flexibility index (Phi) is 5.09. The minimum absolute atomic E-state index is 0.0746. The van der Waals surface area contributed by atoms with Crippen LogP contribution in [0.5, 0.6) is 0 Å². The van der Waals surface area contributed by atoms with Crippen molar-refractivity contribution in [3.05, 3.63) is 52.9 Å². The van der Waals surface area contributed by atoms with E-state index in [0.29, 0.717) is 11.3 Å². The van der Waals surface area contributed by atoms with Crippen molar-refractivity contribution in [1.29, 1.82) is 5.26 Å². The monoisotopic (exact) mass is 322 g/mol. The van der Waals surface area contributed by atoms with Gasteiger partial charge < -0.3 is 5.11 Å². The molecule has 0 radical (unpaired) electrons. The van der Waals surface area contributed by atoms with Crippen LogP contribution in [0.25, 0.3) is 0 Å². The molecule has 0 saturated heterocycles. The van der Waals surface area contributed by atoms with Crippen LogP contribution in [0.3, 0.4) is 0 Å². The molecule has 0 fully saturated rings. The number of hydrogen-bond acceptors (Lipinski definition) is 5. The summed E-state index contributed by atoms with van der Waals surface area (Å²) in [5.74, 6) is 0. The standard InChI is InChI=1S/C14H14N2O3S2/c15-9-13-6-7-14(20-13)21(18,19)16-12(10-17)8-11-4-2-1-3-5-11/h1-7,12,16-17H,8,10H2/t12-/m0/s1. The number of nitrogens with one attached hydrogen (secondary N) is 1. The maximum atomic E-state index is 12.2. The fourth-order valence-corrected chi connectivity index (χ4v) is 4.19. The third-order valence-corrected chi connectivity index (χ3v) is 5.83. The molecule has 2 rings (SSSR count). The van der Waals surface area contributed by atoms with Crippen LogP contribution in [-0.4, -0.2) is 26.2 Å². The first-order chi connectivity index (χ1) is 10.0. The lowest BCUT2D eigenvalue weighted by atomic mass is 10.1. The van der Waals surface area contributed by atoms with E-state index in [1.54, 1.807) is 0 Å². The number of thiophene rings is 1. The second-order valence-corrected chi connectivity index (χ2v) is 7.45. The lowest BCUT2D eigenvalue weighted by molar-refractivity contribution is 0.256. The van der Waals surface area contributed by atoms with Crippen molar-refractivity contribution in [3.8, 4) is 6.07 Å². The van der Waals surface area contributed by atoms with E-state index in [1.807, 2.05) is 36.4 Å². The summed E-state index contributed by atoms with van der Waals surface area (Å²) in [4.78, 5) is 0.332. The highest BCUT2D eigenvalue weighted by atomic mass is 32.2. The van der Waals surface area contributed by atoms with E-state index in [-0.39, 0.29) is 10.8 Å². The Hall–Kier alpha value is -1.72. The van der Waals surface area contributed by atoms with Gasteiger partial charge in [0.25, 0.3) is 0 Å². The minimum Gasteiger partial charge on any atom is -0.395 e. The van der Waals surface area contributed by atoms with E-state index in [0.717, 1.165) is 16.9 Å². The molecule has 1 aromatic heterocycles. The highest BCUT2D eigenvalue weighted by Gasteiger charge is 2.21. The molecule has 1 heterocycles. The molecule has 0 unspecified atom stereocenters. The fraction of sp³-hybridized carbons (Fsp3) is 0.214. The van der Waals surface area contributed by atoms with E-state index in [2.05, 4.69) is 4.72 Å². The van der Waals surface area contributed by atoms with E-state index in [4.69, 9.17) is 5.26 Å². The second-order valence-electron chi connectivity index (χ2n) is 4.42. The third kappa shape index (κ3) is 4.12. The lowest BCUT2D eigenvalue weighted by Crippen LogP contribution is -2.38. The van der Waals surface area contributed by atoms with E-state index in [1.165, 1.54) is 12.1 Å². The lowest BCUT2D eigenvalue weighted by Gasteiger charge is -2.15. The SMILES string of the molecule is N#Cc1ccc(S(=O)(=O)N[C@H](CO)Cc2ccccc2)s1. The first kappa shape index (κ1) is 15.7. The van der Waals surface area contributed by atoms with Gasteiger partial charge in [-0.05, 0) is 24.1 Å². The topological polar surface area (TPSA) is 90.2 Å². The molecule has 0 aliphatic heterocycles. The minimum atomic E-state index is -3.72. The summed E-state index contributed by atoms with van der Waals surface area (Å²) in [6, 6.07) is 13.5. The quantitative estimate of drug-likeness (QED) is 0.843. The smallest absolute Gasteiger partial charge is 0.250 e. The van der Waals surface area contributed by atoms with Gasteiger partial charge in [0, 0.05) is 6.04 Å². The molecule has 110 valence electrons. The zero-order valence-electron chi connectivity index (χ0n) is 11.1. The number of hydrogen-bond donors (Lipinski definition) is 2. The molecule has 0 aliphatic rings. The number of benzene rings is 1. The first-order valence-electron chi connectivity index (χ1n) is 6.22. The molecule has 0 aliphatic carbocycles. The molecular weight excluding hydrogens is 308 g/mol. The maximum Gasteiger partial charge on any atom is 0.250 e. The molecule has 7 heteroatoms. The van der Waals surface area contributed by atoms with E-state index in [9.17, 15) is 13.5 Å². The van der Waals surface area contributed by atoms with Crippen molar-refractivity contribution >= 4 is 21.4 Å². The molecule has 0 spiro atoms. The summed E-state index contributed by atoms with van der Waals surface area (Å²) in [7, 11) is -3.72. The predicted molar refractivity (Wildman–Crippen MR) is 80.4 cm³/mol. The molecule has 21 heavy (non-hydrogen) atoms. The molecule has 2 aromatic rings. The van der Waals surface area contributed by atoms with Gasteiger partial charge in [-0.15, -0.1) is 11.3 Å². The normalized spacial score (nSPS) is 12.8. The molecule has 0 bridgehead atoms. The van der Waals surface area contributed by atoms with Gasteiger partial charge in [-0.1, -0.05) is 30.3 Å². The fourth-order valence-electron chi connectivity index (χ4n) is 1.84. The highest BCUT2D eigenvalue weighted by molar-refractivity contribution is 7.91. The molecule has 0 saturated carbocycles. The Labute approximate surface area is 127 Å². The number of rotatable bonds is 6. The van der Waals surface area contributed by atoms with E-state index >= 15 is 0 Å². The molecule has 1 atom stereocenters. The van der Waals surface area contributed by atoms with Gasteiger partial charge >= 0.3 is 0 Å². The summed E-state index contributed by atoms with van der Waals surface area (Å²) in [5.41, 5.74) is 0.933. The van der Waals surface area contributed by atoms with Crippen LogP contribution in [0.1, 0.15) is 10.4 Å². The third-order valence-electron chi connectivity index (χ3n) is 2.82. The predicted octanol–water partition coefficient (Wildman–Crippen LogP) is 1.50. The Balaban J connectivity index is 2.12. The number of aliphatic hydroxyl groups excluding tert-OH is 1. The highest BCUT2D eigenvalue weighted by Crippen LogP contribution is 2.21. The Morgan fingerprint density at radius 3 is 2.52 bits per heavy atom. The van der Waals surface area contributed by atoms with Crippen LogP contribution >= 0.6 is 11.3 Å². The Morgan fingerprint density at radius 2 is 1.95 bits per heavy atom. The summed E-state index contributed by atoms with van der Waals surface area (Å²) in [6.45, 7) is -0.301. The van der Waals surface area contributed by atoms with Crippen molar-refractivity contribution in [2.24, 2.45) is 0 Å². The largest absolute Gasteiger partial charge is 0.395 e. The summed E-state index contributed by atoms with van der Waals surface area (Å²) in [5, 5.41) is 18.1. The van der Waals surface area contributed by atoms with Gasteiger partial charge in [0.2, 0.25) is 10.0 Å². The van der Waals surface area contributed by atoms with Gasteiger partial charge in [0.15, 0.2) is 0 Å². The van der Waals surface area contributed by atoms with Crippen molar-refractivity contribution in [1.82, 2.24) is 4.72 Å². The van der Waals surface area contributed by atoms with Crippen LogP contribution < -0.4 is 4.72 Å². The molecule has 2 N–H and O–H groups in total. The van der Waals surface area contributed by atoms with Crippen LogP contribution in [0.4, 0.5) is 0 Å². The van der Waals surface area contributed by atoms with Gasteiger partial charge in [-0.2, -0.15) is 5.26 Å². The molecule has 1 aromatic carbocycles. The van der Waals surface area contributed by atoms with Crippen molar-refractivity contribution < 1.29 is 13.5 Å². The van der Waals surface area contributed by atoms with Crippen LogP contribution in [0.15, 0.2) is 46.7 Å². The average molecular weight is 322 g/mol. The summed E-state index contributed by atoms with van der Waals surface area (Å²) in [6.07, 6.45) is 0.396. The van der Waals surface area contributed by atoms with E-state index < -0.39 is 16.1 Å². The number of sulfonamides is 1. The Morgan fingerprint density at radius 1 is 1.24 bits per heavy atom. The van der Waals surface area contributed by atoms with Crippen molar-refractivity contribution in [3.63, 3.8) is 0 Å². The summed E-state index contributed by atoms with van der Waals surface area (Å²) >= 11 is 0.905. The average Bonchev–Trinajstić information content (AvgIpc) is 2.97. The van der Waals surface area contributed by atoms with Gasteiger partial charge in [0.05, 0.1) is 6.61 Å². The zero-order valence-corrected chi connectivity index (χ0v) is 12.7. The van der Waals surface area contributed by atoms with Crippen LogP contribution in [0, 0.1) is 11.3 Å². The first-order valence-corrected chi connectivity index (χ1v) is 8.52. The number of nitriles is 1. The maximum absolute atomic E-state index is 12.2. The van der Waals surface area contributed by atoms with Gasteiger partial charge in [-0.25, -0.2) is 13.1 Å². The molecular formula is C14H14N2O3S2. The Bertz CT molecular complexity index is 733. The number of aliphatic hydroxyl groups is 1.